The van der Waals surface area contributed by atoms with Gasteiger partial charge in [0.25, 0.3) is 0 Å². The molecule has 1 fully saturated rings. The molecule has 0 spiro atoms. The maximum Gasteiger partial charge on any atom is 0.224 e. The van der Waals surface area contributed by atoms with Gasteiger partial charge in [0, 0.05) is 38.2 Å². The lowest BCUT2D eigenvalue weighted by atomic mass is 10.1. The third-order valence-electron chi connectivity index (χ3n) is 5.67. The Bertz CT molecular complexity index is 1080. The van der Waals surface area contributed by atoms with E-state index in [4.69, 9.17) is 16.3 Å². The van der Waals surface area contributed by atoms with Gasteiger partial charge in [0.15, 0.2) is 0 Å². The van der Waals surface area contributed by atoms with Crippen LogP contribution < -0.4 is 9.64 Å². The van der Waals surface area contributed by atoms with Crippen LogP contribution in [0.2, 0.25) is 5.02 Å². The maximum atomic E-state index is 12.8. The molecule has 1 unspecified atom stereocenters. The Morgan fingerprint density at radius 3 is 2.72 bits per heavy atom. The fraction of sp³-hybridized carbons (Fsp3) is 0.320. The standard InChI is InChI=1S/C25H27ClN4O2/c1-18-8-10-21(26)22(14-18)32-24-15-23(27-17-28-24)29-12-13-30(19(2)16-29)25(31)11-9-20-6-4-3-5-7-20/h3-8,10,14-15,17,19H,9,11-13,16H2,1-2H3. The molecule has 1 aromatic heterocycles. The summed E-state index contributed by atoms with van der Waals surface area (Å²) in [6.45, 7) is 6.15. The second kappa shape index (κ2) is 10.0. The number of ether oxygens (including phenoxy) is 1. The van der Waals surface area contributed by atoms with E-state index in [1.54, 1.807) is 0 Å². The number of nitrogens with zero attached hydrogens (tertiary/aromatic N) is 4. The molecule has 4 rings (SSSR count). The van der Waals surface area contributed by atoms with Crippen molar-refractivity contribution in [3.05, 3.63) is 77.1 Å². The Morgan fingerprint density at radius 2 is 1.94 bits per heavy atom. The molecular weight excluding hydrogens is 424 g/mol. The molecule has 1 aliphatic rings. The zero-order valence-corrected chi connectivity index (χ0v) is 19.1. The molecule has 1 amide bonds. The molecule has 2 heterocycles. The number of aromatic nitrogens is 2. The lowest BCUT2D eigenvalue weighted by molar-refractivity contribution is -0.133. The normalized spacial score (nSPS) is 16.2. The van der Waals surface area contributed by atoms with E-state index in [0.29, 0.717) is 42.7 Å². The van der Waals surface area contributed by atoms with E-state index in [0.717, 1.165) is 17.8 Å². The van der Waals surface area contributed by atoms with Crippen molar-refractivity contribution < 1.29 is 9.53 Å². The van der Waals surface area contributed by atoms with Crippen molar-refractivity contribution >= 4 is 23.3 Å². The van der Waals surface area contributed by atoms with Crippen molar-refractivity contribution in [1.82, 2.24) is 14.9 Å². The number of hydrogen-bond donors (Lipinski definition) is 0. The lowest BCUT2D eigenvalue weighted by Crippen LogP contribution is -2.54. The van der Waals surface area contributed by atoms with Gasteiger partial charge in [-0.2, -0.15) is 0 Å². The summed E-state index contributed by atoms with van der Waals surface area (Å²) in [4.78, 5) is 25.6. The van der Waals surface area contributed by atoms with Crippen LogP contribution in [0.5, 0.6) is 11.6 Å². The second-order valence-corrected chi connectivity index (χ2v) is 8.53. The van der Waals surface area contributed by atoms with Crippen molar-refractivity contribution in [3.63, 3.8) is 0 Å². The highest BCUT2D eigenvalue weighted by Gasteiger charge is 2.28. The van der Waals surface area contributed by atoms with Crippen LogP contribution in [0.15, 0.2) is 60.9 Å². The topological polar surface area (TPSA) is 58.6 Å². The quantitative estimate of drug-likeness (QED) is 0.534. The highest BCUT2D eigenvalue weighted by atomic mass is 35.5. The lowest BCUT2D eigenvalue weighted by Gasteiger charge is -2.40. The first kappa shape index (κ1) is 22.1. The van der Waals surface area contributed by atoms with Gasteiger partial charge in [-0.05, 0) is 43.5 Å². The zero-order valence-electron chi connectivity index (χ0n) is 18.4. The largest absolute Gasteiger partial charge is 0.437 e. The first-order valence-electron chi connectivity index (χ1n) is 10.8. The molecule has 6 nitrogen and oxygen atoms in total. The van der Waals surface area contributed by atoms with Crippen LogP contribution in [-0.4, -0.2) is 46.5 Å². The first-order chi connectivity index (χ1) is 15.5. The van der Waals surface area contributed by atoms with Crippen molar-refractivity contribution in [2.45, 2.75) is 32.7 Å². The summed E-state index contributed by atoms with van der Waals surface area (Å²) in [6, 6.07) is 17.7. The van der Waals surface area contributed by atoms with E-state index < -0.39 is 0 Å². The van der Waals surface area contributed by atoms with E-state index in [2.05, 4.69) is 33.9 Å². The van der Waals surface area contributed by atoms with E-state index >= 15 is 0 Å². The number of anilines is 1. The van der Waals surface area contributed by atoms with Crippen LogP contribution in [0.25, 0.3) is 0 Å². The van der Waals surface area contributed by atoms with Gasteiger partial charge in [0.2, 0.25) is 11.8 Å². The van der Waals surface area contributed by atoms with Gasteiger partial charge in [0.05, 0.1) is 5.02 Å². The monoisotopic (exact) mass is 450 g/mol. The summed E-state index contributed by atoms with van der Waals surface area (Å²) in [7, 11) is 0. The predicted octanol–water partition coefficient (Wildman–Crippen LogP) is 4.90. The average molecular weight is 451 g/mol. The SMILES string of the molecule is Cc1ccc(Cl)c(Oc2cc(N3CCN(C(=O)CCc4ccccc4)C(C)C3)ncn2)c1. The van der Waals surface area contributed by atoms with E-state index in [9.17, 15) is 4.79 Å². The van der Waals surface area contributed by atoms with Crippen LogP contribution in [0.3, 0.4) is 0 Å². The van der Waals surface area contributed by atoms with E-state index in [-0.39, 0.29) is 11.9 Å². The summed E-state index contributed by atoms with van der Waals surface area (Å²) >= 11 is 6.25. The number of aryl methyl sites for hydroxylation is 2. The van der Waals surface area contributed by atoms with Gasteiger partial charge >= 0.3 is 0 Å². The fourth-order valence-electron chi connectivity index (χ4n) is 3.94. The Balaban J connectivity index is 1.37. The number of benzene rings is 2. The summed E-state index contributed by atoms with van der Waals surface area (Å²) in [5.74, 6) is 1.99. The van der Waals surface area contributed by atoms with Crippen LogP contribution in [0.1, 0.15) is 24.5 Å². The fourth-order valence-corrected chi connectivity index (χ4v) is 4.09. The van der Waals surface area contributed by atoms with Gasteiger partial charge in [-0.1, -0.05) is 48.0 Å². The van der Waals surface area contributed by atoms with E-state index in [1.807, 2.05) is 54.3 Å². The summed E-state index contributed by atoms with van der Waals surface area (Å²) in [6.07, 6.45) is 2.79. The predicted molar refractivity (Wildman–Crippen MR) is 126 cm³/mol. The molecule has 0 bridgehead atoms. The number of carbonyl (C=O) groups excluding carboxylic acids is 1. The highest BCUT2D eigenvalue weighted by Crippen LogP contribution is 2.30. The van der Waals surface area contributed by atoms with Gasteiger partial charge in [-0.15, -0.1) is 0 Å². The van der Waals surface area contributed by atoms with Crippen molar-refractivity contribution in [2.75, 3.05) is 24.5 Å². The molecule has 1 aliphatic heterocycles. The average Bonchev–Trinajstić information content (AvgIpc) is 2.81. The van der Waals surface area contributed by atoms with Crippen LogP contribution in [-0.2, 0) is 11.2 Å². The Kier molecular flexibility index (Phi) is 6.90. The Morgan fingerprint density at radius 1 is 1.12 bits per heavy atom. The molecule has 32 heavy (non-hydrogen) atoms. The maximum absolute atomic E-state index is 12.8. The summed E-state index contributed by atoms with van der Waals surface area (Å²) < 4.78 is 5.91. The minimum Gasteiger partial charge on any atom is -0.437 e. The number of halogens is 1. The minimum absolute atomic E-state index is 0.0950. The number of carbonyl (C=O) groups is 1. The molecule has 0 radical (unpaired) electrons. The van der Waals surface area contributed by atoms with Gasteiger partial charge in [0.1, 0.15) is 17.9 Å². The Labute approximate surface area is 193 Å². The van der Waals surface area contributed by atoms with Gasteiger partial charge in [-0.3, -0.25) is 4.79 Å². The van der Waals surface area contributed by atoms with Gasteiger partial charge < -0.3 is 14.5 Å². The molecule has 166 valence electrons. The molecule has 7 heteroatoms. The molecule has 0 N–H and O–H groups in total. The molecule has 0 aliphatic carbocycles. The molecule has 3 aromatic rings. The number of amides is 1. The third-order valence-corrected chi connectivity index (χ3v) is 5.98. The number of hydrogen-bond acceptors (Lipinski definition) is 5. The smallest absolute Gasteiger partial charge is 0.224 e. The zero-order chi connectivity index (χ0) is 22.5. The summed E-state index contributed by atoms with van der Waals surface area (Å²) in [5, 5.41) is 0.534. The highest BCUT2D eigenvalue weighted by molar-refractivity contribution is 6.32. The van der Waals surface area contributed by atoms with Crippen molar-refractivity contribution in [3.8, 4) is 11.6 Å². The molecule has 1 atom stereocenters. The Hall–Kier alpha value is -3.12. The second-order valence-electron chi connectivity index (χ2n) is 8.12. The van der Waals surface area contributed by atoms with Crippen LogP contribution in [0.4, 0.5) is 5.82 Å². The molecule has 2 aromatic carbocycles. The van der Waals surface area contributed by atoms with Crippen molar-refractivity contribution in [2.24, 2.45) is 0 Å². The number of rotatable bonds is 6. The summed E-state index contributed by atoms with van der Waals surface area (Å²) in [5.41, 5.74) is 2.25. The first-order valence-corrected chi connectivity index (χ1v) is 11.2. The van der Waals surface area contributed by atoms with Crippen LogP contribution in [0, 0.1) is 6.92 Å². The van der Waals surface area contributed by atoms with Crippen molar-refractivity contribution in [1.29, 1.82) is 0 Å². The molecule has 1 saturated heterocycles. The molecular formula is C25H27ClN4O2. The minimum atomic E-state index is 0.0950. The molecule has 0 saturated carbocycles. The van der Waals surface area contributed by atoms with Gasteiger partial charge in [-0.25, -0.2) is 9.97 Å². The van der Waals surface area contributed by atoms with Crippen LogP contribution >= 0.6 is 11.6 Å². The third kappa shape index (κ3) is 5.37. The van der Waals surface area contributed by atoms with E-state index in [1.165, 1.54) is 11.9 Å². The number of piperazine rings is 1.